The van der Waals surface area contributed by atoms with Crippen LogP contribution in [0, 0.1) is 50.7 Å². The third kappa shape index (κ3) is 2.39. The summed E-state index contributed by atoms with van der Waals surface area (Å²) in [5.74, 6) is 3.17. The topological polar surface area (TPSA) is 29.6 Å². The van der Waals surface area contributed by atoms with Crippen LogP contribution in [-0.2, 0) is 9.53 Å². The van der Waals surface area contributed by atoms with Crippen LogP contribution in [0.15, 0.2) is 11.6 Å². The number of epoxide rings is 1. The van der Waals surface area contributed by atoms with Crippen LogP contribution in [0.4, 0.5) is 0 Å². The molecule has 9 atom stereocenters. The van der Waals surface area contributed by atoms with Crippen LogP contribution in [0.5, 0.6) is 0 Å². The molecule has 0 aromatic carbocycles. The standard InChI is InChI=1S/C30H46O2/c1-25(2)21-11-15-29(6)22(27(21,4)14-12-23(25)31)9-8-19-24-20(30(7)18-32-30)10-13-26(24,3)16-17-28(19,29)5/h8,20-22,24H,9-18H2,1-7H3/t20-,21-,22+,24+,26+,27-,28+,29+,30-/m0/s1. The molecule has 1 saturated heterocycles. The second kappa shape index (κ2) is 6.13. The molecule has 2 heteroatoms. The van der Waals surface area contributed by atoms with Gasteiger partial charge in [-0.3, -0.25) is 4.79 Å². The fraction of sp³-hybridized carbons (Fsp3) is 0.900. The van der Waals surface area contributed by atoms with E-state index in [-0.39, 0.29) is 16.4 Å². The maximum atomic E-state index is 12.9. The molecule has 6 aliphatic rings. The molecule has 4 saturated carbocycles. The summed E-state index contributed by atoms with van der Waals surface area (Å²) in [6, 6.07) is 0. The predicted octanol–water partition coefficient (Wildman–Crippen LogP) is 7.37. The summed E-state index contributed by atoms with van der Waals surface area (Å²) in [5, 5.41) is 0. The second-order valence-electron chi connectivity index (χ2n) is 14.8. The molecule has 1 heterocycles. The number of ether oxygens (including phenoxy) is 1. The molecule has 0 amide bonds. The van der Waals surface area contributed by atoms with Crippen molar-refractivity contribution in [2.45, 2.75) is 112 Å². The minimum absolute atomic E-state index is 0.136. The van der Waals surface area contributed by atoms with Crippen LogP contribution in [0.1, 0.15) is 106 Å². The van der Waals surface area contributed by atoms with E-state index in [0.29, 0.717) is 45.7 Å². The Hall–Kier alpha value is -0.630. The van der Waals surface area contributed by atoms with Gasteiger partial charge in [-0.1, -0.05) is 53.2 Å². The Labute approximate surface area is 196 Å². The Morgan fingerprint density at radius 1 is 0.875 bits per heavy atom. The third-order valence-electron chi connectivity index (χ3n) is 13.4. The van der Waals surface area contributed by atoms with Crippen molar-refractivity contribution in [3.8, 4) is 0 Å². The minimum atomic E-state index is -0.154. The van der Waals surface area contributed by atoms with Crippen LogP contribution >= 0.6 is 0 Å². The molecule has 5 fully saturated rings. The summed E-state index contributed by atoms with van der Waals surface area (Å²) in [7, 11) is 0. The Balaban J connectivity index is 1.44. The van der Waals surface area contributed by atoms with Crippen LogP contribution in [-0.4, -0.2) is 18.0 Å². The number of hydrogen-bond acceptors (Lipinski definition) is 2. The summed E-state index contributed by atoms with van der Waals surface area (Å²) in [6.45, 7) is 18.4. The molecular weight excluding hydrogens is 392 g/mol. The zero-order chi connectivity index (χ0) is 22.9. The largest absolute Gasteiger partial charge is 0.370 e. The lowest BCUT2D eigenvalue weighted by Crippen LogP contribution is -2.63. The first-order valence-corrected chi connectivity index (χ1v) is 13.7. The molecule has 0 bridgehead atoms. The van der Waals surface area contributed by atoms with Gasteiger partial charge in [0.25, 0.3) is 0 Å². The number of carbonyl (C=O) groups is 1. The van der Waals surface area contributed by atoms with Crippen molar-refractivity contribution in [2.24, 2.45) is 50.7 Å². The van der Waals surface area contributed by atoms with Gasteiger partial charge >= 0.3 is 0 Å². The van der Waals surface area contributed by atoms with Crippen LogP contribution in [0.25, 0.3) is 0 Å². The van der Waals surface area contributed by atoms with E-state index in [1.165, 1.54) is 44.9 Å². The summed E-state index contributed by atoms with van der Waals surface area (Å²) in [4.78, 5) is 12.9. The zero-order valence-electron chi connectivity index (χ0n) is 21.8. The maximum absolute atomic E-state index is 12.9. The molecule has 0 N–H and O–H groups in total. The van der Waals surface area contributed by atoms with Crippen molar-refractivity contribution in [1.29, 1.82) is 0 Å². The highest BCUT2D eigenvalue weighted by Crippen LogP contribution is 2.76. The van der Waals surface area contributed by atoms with Crippen molar-refractivity contribution >= 4 is 5.78 Å². The van der Waals surface area contributed by atoms with Gasteiger partial charge in [-0.05, 0) is 104 Å². The molecule has 0 unspecified atom stereocenters. The van der Waals surface area contributed by atoms with Gasteiger partial charge in [-0.2, -0.15) is 0 Å². The van der Waals surface area contributed by atoms with E-state index in [9.17, 15) is 4.79 Å². The molecule has 0 aromatic heterocycles. The fourth-order valence-electron chi connectivity index (χ4n) is 10.9. The van der Waals surface area contributed by atoms with E-state index in [1.807, 2.05) is 5.57 Å². The molecule has 2 nitrogen and oxygen atoms in total. The Morgan fingerprint density at radius 3 is 2.28 bits per heavy atom. The highest BCUT2D eigenvalue weighted by atomic mass is 16.6. The van der Waals surface area contributed by atoms with E-state index in [4.69, 9.17) is 4.74 Å². The molecular formula is C30H46O2. The molecule has 6 rings (SSSR count). The van der Waals surface area contributed by atoms with Crippen molar-refractivity contribution in [1.82, 2.24) is 0 Å². The zero-order valence-corrected chi connectivity index (χ0v) is 21.8. The highest BCUT2D eigenvalue weighted by Gasteiger charge is 2.70. The van der Waals surface area contributed by atoms with Crippen LogP contribution in [0.2, 0.25) is 0 Å². The van der Waals surface area contributed by atoms with Gasteiger partial charge in [-0.15, -0.1) is 0 Å². The summed E-state index contributed by atoms with van der Waals surface area (Å²) in [5.41, 5.74) is 3.21. The number of allylic oxidation sites excluding steroid dienone is 2. The minimum Gasteiger partial charge on any atom is -0.370 e. The van der Waals surface area contributed by atoms with E-state index in [2.05, 4.69) is 54.5 Å². The SMILES string of the molecule is CC1(C)C(=O)CC[C@]2(C)[C@H]3CC=C4[C@@H]5[C@@H]([C@]6(C)CO6)CC[C@]5(C)CC[C@@]4(C)[C@]3(C)CC[C@@H]12. The average molecular weight is 439 g/mol. The number of ketones is 1. The monoisotopic (exact) mass is 438 g/mol. The van der Waals surface area contributed by atoms with Crippen molar-refractivity contribution in [3.63, 3.8) is 0 Å². The van der Waals surface area contributed by atoms with Crippen LogP contribution in [0.3, 0.4) is 0 Å². The first-order chi connectivity index (χ1) is 14.8. The smallest absolute Gasteiger partial charge is 0.138 e. The van der Waals surface area contributed by atoms with Crippen LogP contribution < -0.4 is 0 Å². The van der Waals surface area contributed by atoms with Gasteiger partial charge in [0.15, 0.2) is 0 Å². The normalized spacial score (nSPS) is 58.2. The van der Waals surface area contributed by atoms with E-state index in [0.717, 1.165) is 19.4 Å². The molecule has 0 spiro atoms. The quantitative estimate of drug-likeness (QED) is 0.316. The molecule has 0 radical (unpaired) electrons. The lowest BCUT2D eigenvalue weighted by atomic mass is 9.34. The molecule has 32 heavy (non-hydrogen) atoms. The van der Waals surface area contributed by atoms with Crippen molar-refractivity contribution in [3.05, 3.63) is 11.6 Å². The first kappa shape index (κ1) is 21.9. The third-order valence-corrected chi connectivity index (χ3v) is 13.4. The van der Waals surface area contributed by atoms with E-state index in [1.54, 1.807) is 0 Å². The summed E-state index contributed by atoms with van der Waals surface area (Å²) < 4.78 is 6.08. The number of carbonyl (C=O) groups excluding carboxylic acids is 1. The van der Waals surface area contributed by atoms with E-state index >= 15 is 0 Å². The molecule has 178 valence electrons. The van der Waals surface area contributed by atoms with Crippen molar-refractivity contribution in [2.75, 3.05) is 6.61 Å². The number of Topliss-reactive ketones (excluding diaryl/α,β-unsaturated/α-hetero) is 1. The Morgan fingerprint density at radius 2 is 1.59 bits per heavy atom. The first-order valence-electron chi connectivity index (χ1n) is 13.7. The molecule has 5 aliphatic carbocycles. The van der Waals surface area contributed by atoms with Gasteiger partial charge in [0.2, 0.25) is 0 Å². The maximum Gasteiger partial charge on any atom is 0.138 e. The number of fused-ring (bicyclic) bond motifs is 7. The van der Waals surface area contributed by atoms with Gasteiger partial charge in [-0.25, -0.2) is 0 Å². The Bertz CT molecular complexity index is 895. The molecule has 0 aromatic rings. The van der Waals surface area contributed by atoms with Crippen molar-refractivity contribution < 1.29 is 9.53 Å². The number of hydrogen-bond donors (Lipinski definition) is 0. The Kier molecular flexibility index (Phi) is 4.19. The number of rotatable bonds is 1. The van der Waals surface area contributed by atoms with Gasteiger partial charge < -0.3 is 4.74 Å². The average Bonchev–Trinajstić information content (AvgIpc) is 3.36. The predicted molar refractivity (Wildman–Crippen MR) is 129 cm³/mol. The van der Waals surface area contributed by atoms with Gasteiger partial charge in [0, 0.05) is 11.8 Å². The summed E-state index contributed by atoms with van der Waals surface area (Å²) in [6.07, 6.45) is 13.9. The lowest BCUT2D eigenvalue weighted by Gasteiger charge is -2.70. The second-order valence-corrected chi connectivity index (χ2v) is 14.8. The fourth-order valence-corrected chi connectivity index (χ4v) is 10.9. The van der Waals surface area contributed by atoms with E-state index < -0.39 is 0 Å². The molecule has 1 aliphatic heterocycles. The highest BCUT2D eigenvalue weighted by molar-refractivity contribution is 5.85. The lowest BCUT2D eigenvalue weighted by molar-refractivity contribution is -0.182. The van der Waals surface area contributed by atoms with Gasteiger partial charge in [0.05, 0.1) is 12.2 Å². The summed E-state index contributed by atoms with van der Waals surface area (Å²) >= 11 is 0. The van der Waals surface area contributed by atoms with Gasteiger partial charge in [0.1, 0.15) is 5.78 Å².